The van der Waals surface area contributed by atoms with Gasteiger partial charge in [0.05, 0.1) is 11.9 Å². The van der Waals surface area contributed by atoms with E-state index in [1.807, 2.05) is 32.0 Å². The van der Waals surface area contributed by atoms with Crippen LogP contribution in [0.4, 0.5) is 5.69 Å². The molecule has 21 heavy (non-hydrogen) atoms. The number of amides is 1. The first-order valence-electron chi connectivity index (χ1n) is 6.87. The molecular formula is C17H18N2O2. The summed E-state index contributed by atoms with van der Waals surface area (Å²) >= 11 is 0. The summed E-state index contributed by atoms with van der Waals surface area (Å²) in [6.07, 6.45) is 1.98. The zero-order valence-electron chi connectivity index (χ0n) is 12.2. The van der Waals surface area contributed by atoms with Crippen LogP contribution in [-0.2, 0) is 4.79 Å². The molecule has 0 aliphatic rings. The maximum absolute atomic E-state index is 12.0. The standard InChI is InChI=1S/C17H18N2O2/c1-12-3-6-14(7-4-12)16(20)9-10-17(21)19-15-8-5-13(2)18-11-15/h3-8,11H,9-10H2,1-2H3,(H,19,21). The van der Waals surface area contributed by atoms with Crippen molar-refractivity contribution in [3.63, 3.8) is 0 Å². The molecule has 4 nitrogen and oxygen atoms in total. The summed E-state index contributed by atoms with van der Waals surface area (Å²) in [5.41, 5.74) is 3.29. The van der Waals surface area contributed by atoms with E-state index in [1.165, 1.54) is 0 Å². The van der Waals surface area contributed by atoms with Gasteiger partial charge >= 0.3 is 0 Å². The smallest absolute Gasteiger partial charge is 0.224 e. The van der Waals surface area contributed by atoms with Gasteiger partial charge in [0.1, 0.15) is 0 Å². The van der Waals surface area contributed by atoms with Crippen LogP contribution in [0, 0.1) is 13.8 Å². The molecule has 0 radical (unpaired) electrons. The molecule has 108 valence electrons. The number of hydrogen-bond acceptors (Lipinski definition) is 3. The highest BCUT2D eigenvalue weighted by molar-refractivity contribution is 5.99. The molecule has 1 aromatic carbocycles. The zero-order valence-corrected chi connectivity index (χ0v) is 12.2. The molecule has 1 N–H and O–H groups in total. The molecule has 0 atom stereocenters. The van der Waals surface area contributed by atoms with Gasteiger partial charge in [0, 0.05) is 24.1 Å². The first-order chi connectivity index (χ1) is 10.0. The quantitative estimate of drug-likeness (QED) is 0.856. The lowest BCUT2D eigenvalue weighted by Crippen LogP contribution is -2.13. The molecule has 0 aliphatic carbocycles. The molecule has 0 saturated heterocycles. The number of Topliss-reactive ketones (excluding diaryl/α,β-unsaturated/α-hetero) is 1. The third-order valence-electron chi connectivity index (χ3n) is 3.15. The minimum atomic E-state index is -0.180. The van der Waals surface area contributed by atoms with Gasteiger partial charge in [-0.05, 0) is 26.0 Å². The fourth-order valence-corrected chi connectivity index (χ4v) is 1.88. The predicted octanol–water partition coefficient (Wildman–Crippen LogP) is 3.30. The third-order valence-corrected chi connectivity index (χ3v) is 3.15. The molecule has 4 heteroatoms. The van der Waals surface area contributed by atoms with Crippen molar-refractivity contribution in [2.45, 2.75) is 26.7 Å². The van der Waals surface area contributed by atoms with Crippen molar-refractivity contribution in [2.75, 3.05) is 5.32 Å². The minimum absolute atomic E-state index is 0.0211. The SMILES string of the molecule is Cc1ccc(C(=O)CCC(=O)Nc2ccc(C)nc2)cc1. The highest BCUT2D eigenvalue weighted by Crippen LogP contribution is 2.10. The molecular weight excluding hydrogens is 264 g/mol. The van der Waals surface area contributed by atoms with Crippen LogP contribution < -0.4 is 5.32 Å². The van der Waals surface area contributed by atoms with Crippen LogP contribution in [0.3, 0.4) is 0 Å². The minimum Gasteiger partial charge on any atom is -0.325 e. The monoisotopic (exact) mass is 282 g/mol. The van der Waals surface area contributed by atoms with Crippen LogP contribution in [-0.4, -0.2) is 16.7 Å². The van der Waals surface area contributed by atoms with Gasteiger partial charge in [-0.1, -0.05) is 29.8 Å². The van der Waals surface area contributed by atoms with Gasteiger partial charge in [-0.25, -0.2) is 0 Å². The summed E-state index contributed by atoms with van der Waals surface area (Å²) in [7, 11) is 0. The second-order valence-corrected chi connectivity index (χ2v) is 5.03. The van der Waals surface area contributed by atoms with Gasteiger partial charge in [-0.3, -0.25) is 14.6 Å². The number of nitrogens with one attached hydrogen (secondary N) is 1. The lowest BCUT2D eigenvalue weighted by Gasteiger charge is -2.05. The lowest BCUT2D eigenvalue weighted by molar-refractivity contribution is -0.116. The van der Waals surface area contributed by atoms with Crippen LogP contribution in [0.25, 0.3) is 0 Å². The number of nitrogens with zero attached hydrogens (tertiary/aromatic N) is 1. The molecule has 0 unspecified atom stereocenters. The second-order valence-electron chi connectivity index (χ2n) is 5.03. The van der Waals surface area contributed by atoms with Gasteiger partial charge in [0.15, 0.2) is 5.78 Å². The van der Waals surface area contributed by atoms with Crippen molar-refractivity contribution in [1.82, 2.24) is 4.98 Å². The summed E-state index contributed by atoms with van der Waals surface area (Å²) in [4.78, 5) is 27.9. The third kappa shape index (κ3) is 4.53. The molecule has 2 rings (SSSR count). The van der Waals surface area contributed by atoms with E-state index in [4.69, 9.17) is 0 Å². The van der Waals surface area contributed by atoms with Crippen molar-refractivity contribution >= 4 is 17.4 Å². The Morgan fingerprint density at radius 1 is 1.00 bits per heavy atom. The topological polar surface area (TPSA) is 59.1 Å². The number of carbonyl (C=O) groups is 2. The number of rotatable bonds is 5. The number of aryl methyl sites for hydroxylation is 2. The Bertz CT molecular complexity index is 631. The summed E-state index contributed by atoms with van der Waals surface area (Å²) in [5.74, 6) is -0.201. The average Bonchev–Trinajstić information content (AvgIpc) is 2.48. The summed E-state index contributed by atoms with van der Waals surface area (Å²) in [6.45, 7) is 3.85. The van der Waals surface area contributed by atoms with Gasteiger partial charge < -0.3 is 5.32 Å². The number of benzene rings is 1. The second kappa shape index (κ2) is 6.79. The van der Waals surface area contributed by atoms with E-state index in [9.17, 15) is 9.59 Å². The summed E-state index contributed by atoms with van der Waals surface area (Å²) < 4.78 is 0. The first-order valence-corrected chi connectivity index (χ1v) is 6.87. The van der Waals surface area contributed by atoms with Gasteiger partial charge in [-0.15, -0.1) is 0 Å². The number of pyridine rings is 1. The van der Waals surface area contributed by atoms with Gasteiger partial charge in [0.25, 0.3) is 0 Å². The molecule has 1 heterocycles. The van der Waals surface area contributed by atoms with E-state index in [1.54, 1.807) is 24.4 Å². The van der Waals surface area contributed by atoms with E-state index in [-0.39, 0.29) is 24.5 Å². The molecule has 0 saturated carbocycles. The average molecular weight is 282 g/mol. The first kappa shape index (κ1) is 14.9. The molecule has 2 aromatic rings. The number of ketones is 1. The fraction of sp³-hybridized carbons (Fsp3) is 0.235. The normalized spacial score (nSPS) is 10.2. The van der Waals surface area contributed by atoms with E-state index in [0.717, 1.165) is 11.3 Å². The summed E-state index contributed by atoms with van der Waals surface area (Å²) in [5, 5.41) is 2.73. The molecule has 0 spiro atoms. The number of carbonyl (C=O) groups excluding carboxylic acids is 2. The number of hydrogen-bond donors (Lipinski definition) is 1. The van der Waals surface area contributed by atoms with Crippen molar-refractivity contribution in [2.24, 2.45) is 0 Å². The van der Waals surface area contributed by atoms with Crippen molar-refractivity contribution in [3.05, 3.63) is 59.4 Å². The highest BCUT2D eigenvalue weighted by atomic mass is 16.2. The Morgan fingerprint density at radius 3 is 2.33 bits per heavy atom. The van der Waals surface area contributed by atoms with Crippen molar-refractivity contribution < 1.29 is 9.59 Å². The number of aromatic nitrogens is 1. The summed E-state index contributed by atoms with van der Waals surface area (Å²) in [6, 6.07) is 11.0. The Morgan fingerprint density at radius 2 is 1.71 bits per heavy atom. The number of anilines is 1. The van der Waals surface area contributed by atoms with E-state index >= 15 is 0 Å². The largest absolute Gasteiger partial charge is 0.325 e. The fourth-order valence-electron chi connectivity index (χ4n) is 1.88. The zero-order chi connectivity index (χ0) is 15.2. The van der Waals surface area contributed by atoms with E-state index in [2.05, 4.69) is 10.3 Å². The van der Waals surface area contributed by atoms with Gasteiger partial charge in [0.2, 0.25) is 5.91 Å². The Kier molecular flexibility index (Phi) is 4.82. The van der Waals surface area contributed by atoms with Crippen LogP contribution in [0.2, 0.25) is 0 Å². The molecule has 0 fully saturated rings. The maximum atomic E-state index is 12.0. The molecule has 0 bridgehead atoms. The molecule has 1 aromatic heterocycles. The van der Waals surface area contributed by atoms with Crippen LogP contribution >= 0.6 is 0 Å². The Hall–Kier alpha value is -2.49. The van der Waals surface area contributed by atoms with Crippen LogP contribution in [0.1, 0.15) is 34.5 Å². The van der Waals surface area contributed by atoms with Crippen molar-refractivity contribution in [1.29, 1.82) is 0 Å². The Labute approximate surface area is 124 Å². The van der Waals surface area contributed by atoms with Gasteiger partial charge in [-0.2, -0.15) is 0 Å². The molecule has 1 amide bonds. The molecule has 0 aliphatic heterocycles. The predicted molar refractivity (Wildman–Crippen MR) is 82.3 cm³/mol. The Balaban J connectivity index is 1.84. The maximum Gasteiger partial charge on any atom is 0.224 e. The lowest BCUT2D eigenvalue weighted by atomic mass is 10.0. The van der Waals surface area contributed by atoms with Crippen LogP contribution in [0.15, 0.2) is 42.6 Å². The highest BCUT2D eigenvalue weighted by Gasteiger charge is 2.09. The van der Waals surface area contributed by atoms with Crippen LogP contribution in [0.5, 0.6) is 0 Å². The van der Waals surface area contributed by atoms with E-state index < -0.39 is 0 Å². The van der Waals surface area contributed by atoms with Crippen molar-refractivity contribution in [3.8, 4) is 0 Å². The van der Waals surface area contributed by atoms with E-state index in [0.29, 0.717) is 11.3 Å².